The molecule has 164 valence electrons. The molecule has 0 spiro atoms. The van der Waals surface area contributed by atoms with Gasteiger partial charge in [0.2, 0.25) is 11.7 Å². The summed E-state index contributed by atoms with van der Waals surface area (Å²) in [5.41, 5.74) is 0.842. The molecule has 3 aromatic rings. The van der Waals surface area contributed by atoms with E-state index in [4.69, 9.17) is 11.6 Å². The van der Waals surface area contributed by atoms with Gasteiger partial charge in [0.05, 0.1) is 28.2 Å². The Kier molecular flexibility index (Phi) is 6.17. The maximum absolute atomic E-state index is 13.2. The van der Waals surface area contributed by atoms with Crippen LogP contribution in [0.3, 0.4) is 0 Å². The van der Waals surface area contributed by atoms with Gasteiger partial charge in [0.25, 0.3) is 5.56 Å². The SMILES string of the molecule is CCN1CCN(c2ncc(Cl)c(C(=O)C(C#N)c3nc4ccc(C)cc4c(=O)[nH]3)n2)CC1. The van der Waals surface area contributed by atoms with Crippen molar-refractivity contribution < 1.29 is 4.79 Å². The van der Waals surface area contributed by atoms with Crippen LogP contribution in [0.2, 0.25) is 5.02 Å². The third-order valence-electron chi connectivity index (χ3n) is 5.61. The van der Waals surface area contributed by atoms with E-state index in [0.717, 1.165) is 38.3 Å². The van der Waals surface area contributed by atoms with Crippen LogP contribution in [0.15, 0.2) is 29.2 Å². The number of nitrogens with zero attached hydrogens (tertiary/aromatic N) is 6. The van der Waals surface area contributed by atoms with E-state index in [2.05, 4.69) is 31.8 Å². The smallest absolute Gasteiger partial charge is 0.258 e. The molecule has 0 amide bonds. The number of Topliss-reactive ketones (excluding diaryl/α,β-unsaturated/α-hetero) is 1. The molecule has 1 saturated heterocycles. The van der Waals surface area contributed by atoms with Crippen LogP contribution in [-0.4, -0.2) is 63.3 Å². The summed E-state index contributed by atoms with van der Waals surface area (Å²) in [6.07, 6.45) is 1.37. The van der Waals surface area contributed by atoms with Gasteiger partial charge in [-0.15, -0.1) is 0 Å². The van der Waals surface area contributed by atoms with Gasteiger partial charge >= 0.3 is 0 Å². The Morgan fingerprint density at radius 3 is 2.72 bits per heavy atom. The predicted octanol–water partition coefficient (Wildman–Crippen LogP) is 2.31. The lowest BCUT2D eigenvalue weighted by molar-refractivity contribution is 0.0971. The van der Waals surface area contributed by atoms with Crippen LogP contribution in [0, 0.1) is 18.3 Å². The van der Waals surface area contributed by atoms with Gasteiger partial charge in [0.15, 0.2) is 5.92 Å². The number of carbonyl (C=O) groups excluding carboxylic acids is 1. The summed E-state index contributed by atoms with van der Waals surface area (Å²) in [4.78, 5) is 45.7. The predicted molar refractivity (Wildman–Crippen MR) is 121 cm³/mol. The van der Waals surface area contributed by atoms with E-state index >= 15 is 0 Å². The number of aromatic nitrogens is 4. The second-order valence-electron chi connectivity index (χ2n) is 7.69. The molecule has 2 aromatic heterocycles. The first-order valence-corrected chi connectivity index (χ1v) is 10.7. The number of hydrogen-bond donors (Lipinski definition) is 1. The summed E-state index contributed by atoms with van der Waals surface area (Å²) >= 11 is 6.23. The summed E-state index contributed by atoms with van der Waals surface area (Å²) in [6.45, 7) is 8.14. The summed E-state index contributed by atoms with van der Waals surface area (Å²) in [7, 11) is 0. The van der Waals surface area contributed by atoms with E-state index in [-0.39, 0.29) is 16.5 Å². The Balaban J connectivity index is 1.67. The van der Waals surface area contributed by atoms with Crippen molar-refractivity contribution >= 4 is 34.2 Å². The molecule has 1 fully saturated rings. The summed E-state index contributed by atoms with van der Waals surface area (Å²) < 4.78 is 0. The number of nitriles is 1. The van der Waals surface area contributed by atoms with Crippen molar-refractivity contribution in [2.45, 2.75) is 19.8 Å². The van der Waals surface area contributed by atoms with Crippen LogP contribution in [-0.2, 0) is 0 Å². The number of aromatic amines is 1. The number of hydrogen-bond acceptors (Lipinski definition) is 8. The number of piperazine rings is 1. The molecule has 4 rings (SSSR count). The molecule has 0 bridgehead atoms. The number of benzene rings is 1. The molecule has 1 aliphatic rings. The first-order chi connectivity index (χ1) is 15.4. The fourth-order valence-electron chi connectivity index (χ4n) is 3.74. The van der Waals surface area contributed by atoms with Crippen LogP contribution in [0.25, 0.3) is 10.9 Å². The molecule has 1 aromatic carbocycles. The number of halogens is 1. The number of anilines is 1. The number of rotatable bonds is 5. The Morgan fingerprint density at radius 2 is 2.03 bits per heavy atom. The number of nitrogens with one attached hydrogen (secondary N) is 1. The number of H-pyrrole nitrogens is 1. The lowest BCUT2D eigenvalue weighted by Gasteiger charge is -2.34. The van der Waals surface area contributed by atoms with E-state index < -0.39 is 17.3 Å². The molecule has 1 unspecified atom stereocenters. The molecule has 32 heavy (non-hydrogen) atoms. The number of likely N-dealkylation sites (N-methyl/N-ethyl adjacent to an activating group) is 1. The maximum Gasteiger partial charge on any atom is 0.258 e. The van der Waals surface area contributed by atoms with Crippen molar-refractivity contribution in [3.8, 4) is 6.07 Å². The van der Waals surface area contributed by atoms with E-state index in [0.29, 0.717) is 16.9 Å². The summed E-state index contributed by atoms with van der Waals surface area (Å²) in [5.74, 6) is -1.64. The molecular weight excluding hydrogens is 430 g/mol. The van der Waals surface area contributed by atoms with Crippen LogP contribution >= 0.6 is 11.6 Å². The first-order valence-electron chi connectivity index (χ1n) is 10.4. The largest absolute Gasteiger partial charge is 0.338 e. The van der Waals surface area contributed by atoms with Crippen LogP contribution in [0.4, 0.5) is 5.95 Å². The minimum Gasteiger partial charge on any atom is -0.338 e. The van der Waals surface area contributed by atoms with Crippen molar-refractivity contribution in [3.63, 3.8) is 0 Å². The van der Waals surface area contributed by atoms with Gasteiger partial charge in [0, 0.05) is 26.2 Å². The summed E-state index contributed by atoms with van der Waals surface area (Å²) in [6, 6.07) is 7.15. The molecule has 1 atom stereocenters. The molecular formula is C22H22ClN7O2. The van der Waals surface area contributed by atoms with Crippen LogP contribution in [0.5, 0.6) is 0 Å². The van der Waals surface area contributed by atoms with Gasteiger partial charge < -0.3 is 14.8 Å². The highest BCUT2D eigenvalue weighted by Gasteiger charge is 2.29. The lowest BCUT2D eigenvalue weighted by atomic mass is 10.0. The monoisotopic (exact) mass is 451 g/mol. The molecule has 0 saturated carbocycles. The third kappa shape index (κ3) is 4.20. The highest BCUT2D eigenvalue weighted by atomic mass is 35.5. The van der Waals surface area contributed by atoms with Crippen molar-refractivity contribution in [1.82, 2.24) is 24.8 Å². The molecule has 3 heterocycles. The highest BCUT2D eigenvalue weighted by molar-refractivity contribution is 6.33. The maximum atomic E-state index is 13.2. The molecule has 1 N–H and O–H groups in total. The molecule has 10 heteroatoms. The lowest BCUT2D eigenvalue weighted by Crippen LogP contribution is -2.46. The van der Waals surface area contributed by atoms with Gasteiger partial charge in [0.1, 0.15) is 11.5 Å². The van der Waals surface area contributed by atoms with E-state index in [1.807, 2.05) is 24.0 Å². The van der Waals surface area contributed by atoms with E-state index in [1.54, 1.807) is 12.1 Å². The molecule has 1 aliphatic heterocycles. The number of aryl methyl sites for hydroxylation is 1. The van der Waals surface area contributed by atoms with Crippen LogP contribution < -0.4 is 10.5 Å². The minimum atomic E-state index is -1.36. The third-order valence-corrected chi connectivity index (χ3v) is 5.89. The molecule has 0 aliphatic carbocycles. The van der Waals surface area contributed by atoms with E-state index in [1.165, 1.54) is 6.20 Å². The van der Waals surface area contributed by atoms with Gasteiger partial charge in [-0.25, -0.2) is 15.0 Å². The first kappa shape index (κ1) is 21.9. The van der Waals surface area contributed by atoms with Gasteiger partial charge in [-0.1, -0.05) is 30.2 Å². The zero-order chi connectivity index (χ0) is 22.8. The second kappa shape index (κ2) is 9.02. The van der Waals surface area contributed by atoms with Crippen molar-refractivity contribution in [1.29, 1.82) is 5.26 Å². The zero-order valence-electron chi connectivity index (χ0n) is 17.8. The quantitative estimate of drug-likeness (QED) is 0.587. The average molecular weight is 452 g/mol. The van der Waals surface area contributed by atoms with Gasteiger partial charge in [-0.3, -0.25) is 9.59 Å². The number of carbonyl (C=O) groups is 1. The fourth-order valence-corrected chi connectivity index (χ4v) is 3.92. The Hall–Kier alpha value is -3.35. The highest BCUT2D eigenvalue weighted by Crippen LogP contribution is 2.24. The van der Waals surface area contributed by atoms with Crippen LogP contribution in [0.1, 0.15) is 34.7 Å². The number of ketones is 1. The fraction of sp³-hybridized carbons (Fsp3) is 0.364. The van der Waals surface area contributed by atoms with Crippen molar-refractivity contribution in [3.05, 3.63) is 56.9 Å². The van der Waals surface area contributed by atoms with Crippen molar-refractivity contribution in [2.75, 3.05) is 37.6 Å². The van der Waals surface area contributed by atoms with Gasteiger partial charge in [-0.05, 0) is 25.6 Å². The Morgan fingerprint density at radius 1 is 1.28 bits per heavy atom. The van der Waals surface area contributed by atoms with Crippen molar-refractivity contribution in [2.24, 2.45) is 0 Å². The molecule has 9 nitrogen and oxygen atoms in total. The Labute approximate surface area is 189 Å². The average Bonchev–Trinajstić information content (AvgIpc) is 2.80. The Bertz CT molecular complexity index is 1280. The topological polar surface area (TPSA) is 119 Å². The normalized spacial score (nSPS) is 15.5. The second-order valence-corrected chi connectivity index (χ2v) is 8.09. The van der Waals surface area contributed by atoms with Gasteiger partial charge in [-0.2, -0.15) is 5.26 Å². The zero-order valence-corrected chi connectivity index (χ0v) is 18.6. The summed E-state index contributed by atoms with van der Waals surface area (Å²) in [5, 5.41) is 10.2. The number of fused-ring (bicyclic) bond motifs is 1. The molecule has 0 radical (unpaired) electrons. The minimum absolute atomic E-state index is 0.0355. The van der Waals surface area contributed by atoms with E-state index in [9.17, 15) is 14.9 Å². The standard InChI is InChI=1S/C22H22ClN7O2/c1-3-29-6-8-30(9-7-29)22-25-12-16(23)18(27-22)19(31)15(11-24)20-26-17-5-4-13(2)10-14(17)21(32)28-20/h4-5,10,12,15H,3,6-9H2,1-2H3,(H,26,28,32).